The number of aromatic nitrogens is 3. The molecular formula is C19H21N5O2S. The quantitative estimate of drug-likeness (QED) is 0.651. The van der Waals surface area contributed by atoms with Crippen molar-refractivity contribution in [3.63, 3.8) is 0 Å². The molecule has 0 spiro atoms. The van der Waals surface area contributed by atoms with E-state index in [9.17, 15) is 4.79 Å². The van der Waals surface area contributed by atoms with Gasteiger partial charge in [-0.15, -0.1) is 11.3 Å². The Kier molecular flexibility index (Phi) is 5.97. The minimum Gasteiger partial charge on any atom is -0.497 e. The number of thiazole rings is 1. The number of methoxy groups -OCH3 is 1. The Hall–Kier alpha value is -3.00. The summed E-state index contributed by atoms with van der Waals surface area (Å²) in [7, 11) is 1.62. The van der Waals surface area contributed by atoms with Gasteiger partial charge in [-0.25, -0.2) is 15.0 Å². The second-order valence-corrected chi connectivity index (χ2v) is 6.91. The molecule has 0 saturated carbocycles. The van der Waals surface area contributed by atoms with Gasteiger partial charge in [0.15, 0.2) is 5.13 Å². The molecule has 2 heterocycles. The zero-order chi connectivity index (χ0) is 19.2. The summed E-state index contributed by atoms with van der Waals surface area (Å²) in [5.74, 6) is 1.19. The second kappa shape index (κ2) is 8.59. The highest BCUT2D eigenvalue weighted by molar-refractivity contribution is 7.13. The normalized spacial score (nSPS) is 10.5. The number of nitrogens with one attached hydrogen (secondary N) is 2. The molecule has 1 aromatic carbocycles. The molecule has 0 atom stereocenters. The molecule has 0 aliphatic carbocycles. The van der Waals surface area contributed by atoms with Gasteiger partial charge in [0.2, 0.25) is 11.9 Å². The highest BCUT2D eigenvalue weighted by Crippen LogP contribution is 2.19. The summed E-state index contributed by atoms with van der Waals surface area (Å²) in [6, 6.07) is 9.51. The third-order valence-corrected chi connectivity index (χ3v) is 4.52. The number of aryl methyl sites for hydroxylation is 2. The number of hydrogen-bond acceptors (Lipinski definition) is 7. The number of carbonyl (C=O) groups excluding carboxylic acids is 1. The van der Waals surface area contributed by atoms with Gasteiger partial charge in [-0.3, -0.25) is 4.79 Å². The zero-order valence-electron chi connectivity index (χ0n) is 15.4. The average molecular weight is 383 g/mol. The molecule has 2 aromatic heterocycles. The Morgan fingerprint density at radius 3 is 2.67 bits per heavy atom. The van der Waals surface area contributed by atoms with E-state index in [-0.39, 0.29) is 12.3 Å². The fourth-order valence-corrected chi connectivity index (χ4v) is 3.24. The van der Waals surface area contributed by atoms with Crippen molar-refractivity contribution < 1.29 is 9.53 Å². The molecule has 140 valence electrons. The standard InChI is InChI=1S/C19H21N5O2S/c1-12-7-13(2)22-18(21-12)24-19-23-15(11-27-19)9-17(25)20-10-14-5-4-6-16(8-14)26-3/h4-8,11H,9-10H2,1-3H3,(H,20,25)(H,21,22,23,24). The lowest BCUT2D eigenvalue weighted by Gasteiger charge is -2.06. The van der Waals surface area contributed by atoms with Crippen LogP contribution in [0.2, 0.25) is 0 Å². The van der Waals surface area contributed by atoms with Crippen LogP contribution in [0.1, 0.15) is 22.6 Å². The fourth-order valence-electron chi connectivity index (χ4n) is 2.53. The first-order valence-electron chi connectivity index (χ1n) is 8.45. The smallest absolute Gasteiger partial charge is 0.229 e. The first-order chi connectivity index (χ1) is 13.0. The molecule has 3 rings (SSSR count). The van der Waals surface area contributed by atoms with Gasteiger partial charge < -0.3 is 15.4 Å². The summed E-state index contributed by atoms with van der Waals surface area (Å²) < 4.78 is 5.19. The van der Waals surface area contributed by atoms with Crippen molar-refractivity contribution in [3.05, 3.63) is 58.4 Å². The number of anilines is 2. The van der Waals surface area contributed by atoms with Crippen LogP contribution in [-0.4, -0.2) is 28.0 Å². The van der Waals surface area contributed by atoms with Crippen molar-refractivity contribution in [2.75, 3.05) is 12.4 Å². The summed E-state index contributed by atoms with van der Waals surface area (Å²) in [5, 5.41) is 8.51. The molecule has 2 N–H and O–H groups in total. The van der Waals surface area contributed by atoms with Crippen molar-refractivity contribution >= 4 is 28.3 Å². The molecule has 7 nitrogen and oxygen atoms in total. The summed E-state index contributed by atoms with van der Waals surface area (Å²) in [6.45, 7) is 4.28. The van der Waals surface area contributed by atoms with Crippen LogP contribution < -0.4 is 15.4 Å². The summed E-state index contributed by atoms with van der Waals surface area (Å²) in [6.07, 6.45) is 0.218. The topological polar surface area (TPSA) is 89.0 Å². The van der Waals surface area contributed by atoms with E-state index in [0.717, 1.165) is 22.7 Å². The second-order valence-electron chi connectivity index (χ2n) is 6.05. The van der Waals surface area contributed by atoms with E-state index in [0.29, 0.717) is 23.3 Å². The van der Waals surface area contributed by atoms with E-state index in [4.69, 9.17) is 4.74 Å². The van der Waals surface area contributed by atoms with E-state index in [1.165, 1.54) is 11.3 Å². The van der Waals surface area contributed by atoms with E-state index in [2.05, 4.69) is 25.6 Å². The van der Waals surface area contributed by atoms with Crippen molar-refractivity contribution in [1.29, 1.82) is 0 Å². The number of ether oxygens (including phenoxy) is 1. The number of hydrogen-bond donors (Lipinski definition) is 2. The van der Waals surface area contributed by atoms with Crippen LogP contribution in [0.3, 0.4) is 0 Å². The molecule has 0 fully saturated rings. The maximum Gasteiger partial charge on any atom is 0.229 e. The largest absolute Gasteiger partial charge is 0.497 e. The third kappa shape index (κ3) is 5.49. The number of amides is 1. The Bertz CT molecular complexity index is 921. The van der Waals surface area contributed by atoms with Gasteiger partial charge in [0.05, 0.1) is 19.2 Å². The van der Waals surface area contributed by atoms with Gasteiger partial charge in [0, 0.05) is 23.3 Å². The van der Waals surface area contributed by atoms with Gasteiger partial charge >= 0.3 is 0 Å². The predicted octanol–water partition coefficient (Wildman–Crippen LogP) is 3.16. The molecule has 27 heavy (non-hydrogen) atoms. The van der Waals surface area contributed by atoms with Crippen LogP contribution >= 0.6 is 11.3 Å². The van der Waals surface area contributed by atoms with E-state index < -0.39 is 0 Å². The molecule has 0 bridgehead atoms. The number of nitrogens with zero attached hydrogens (tertiary/aromatic N) is 3. The third-order valence-electron chi connectivity index (χ3n) is 3.72. The molecule has 0 unspecified atom stereocenters. The lowest BCUT2D eigenvalue weighted by Crippen LogP contribution is -2.24. The van der Waals surface area contributed by atoms with Gasteiger partial charge in [-0.2, -0.15) is 0 Å². The summed E-state index contributed by atoms with van der Waals surface area (Å²) >= 11 is 1.42. The van der Waals surface area contributed by atoms with Gasteiger partial charge in [-0.1, -0.05) is 12.1 Å². The van der Waals surface area contributed by atoms with Gasteiger partial charge in [-0.05, 0) is 37.6 Å². The minimum atomic E-state index is -0.0858. The monoisotopic (exact) mass is 383 g/mol. The predicted molar refractivity (Wildman–Crippen MR) is 105 cm³/mol. The molecule has 0 saturated heterocycles. The highest BCUT2D eigenvalue weighted by Gasteiger charge is 2.09. The van der Waals surface area contributed by atoms with Gasteiger partial charge in [0.25, 0.3) is 0 Å². The van der Waals surface area contributed by atoms with E-state index in [1.807, 2.05) is 49.6 Å². The maximum atomic E-state index is 12.2. The van der Waals surface area contributed by atoms with Gasteiger partial charge in [0.1, 0.15) is 5.75 Å². The maximum absolute atomic E-state index is 12.2. The first-order valence-corrected chi connectivity index (χ1v) is 9.33. The Morgan fingerprint density at radius 1 is 1.15 bits per heavy atom. The lowest BCUT2D eigenvalue weighted by molar-refractivity contribution is -0.120. The van der Waals surface area contributed by atoms with Crippen molar-refractivity contribution in [1.82, 2.24) is 20.3 Å². The van der Waals surface area contributed by atoms with Crippen LogP contribution in [-0.2, 0) is 17.8 Å². The Balaban J connectivity index is 1.54. The van der Waals surface area contributed by atoms with Crippen LogP contribution in [0.4, 0.5) is 11.1 Å². The SMILES string of the molecule is COc1cccc(CNC(=O)Cc2csc(Nc3nc(C)cc(C)n3)n2)c1. The molecule has 0 aliphatic rings. The van der Waals surface area contributed by atoms with Crippen molar-refractivity contribution in [2.24, 2.45) is 0 Å². The average Bonchev–Trinajstić information content (AvgIpc) is 3.06. The molecule has 0 radical (unpaired) electrons. The lowest BCUT2D eigenvalue weighted by atomic mass is 10.2. The Labute approximate surface area is 161 Å². The zero-order valence-corrected chi connectivity index (χ0v) is 16.3. The minimum absolute atomic E-state index is 0.0858. The molecule has 0 aliphatic heterocycles. The summed E-state index contributed by atoms with van der Waals surface area (Å²) in [5.41, 5.74) is 3.46. The first kappa shape index (κ1) is 18.8. The molecule has 1 amide bonds. The molecule has 3 aromatic rings. The molecular weight excluding hydrogens is 362 g/mol. The molecule has 8 heteroatoms. The summed E-state index contributed by atoms with van der Waals surface area (Å²) in [4.78, 5) is 25.3. The van der Waals surface area contributed by atoms with E-state index in [1.54, 1.807) is 7.11 Å². The fraction of sp³-hybridized carbons (Fsp3) is 0.263. The Morgan fingerprint density at radius 2 is 1.93 bits per heavy atom. The van der Waals surface area contributed by atoms with Crippen LogP contribution in [0.25, 0.3) is 0 Å². The number of carbonyl (C=O) groups is 1. The highest BCUT2D eigenvalue weighted by atomic mass is 32.1. The number of rotatable bonds is 7. The van der Waals surface area contributed by atoms with Crippen LogP contribution in [0.5, 0.6) is 5.75 Å². The van der Waals surface area contributed by atoms with Crippen LogP contribution in [0, 0.1) is 13.8 Å². The van der Waals surface area contributed by atoms with Crippen molar-refractivity contribution in [3.8, 4) is 5.75 Å². The van der Waals surface area contributed by atoms with E-state index >= 15 is 0 Å². The van der Waals surface area contributed by atoms with Crippen molar-refractivity contribution in [2.45, 2.75) is 26.8 Å². The number of benzene rings is 1. The van der Waals surface area contributed by atoms with Crippen LogP contribution in [0.15, 0.2) is 35.7 Å².